The first-order valence-corrected chi connectivity index (χ1v) is 17.0. The molecule has 4 rings (SSSR count). The van der Waals surface area contributed by atoms with Gasteiger partial charge in [-0.1, -0.05) is 79.5 Å². The van der Waals surface area contributed by atoms with Crippen molar-refractivity contribution in [2.45, 2.75) is 133 Å². The summed E-state index contributed by atoms with van der Waals surface area (Å²) >= 11 is 1.77. The molecule has 0 spiro atoms. The molecular formula is C34H63NOS. The van der Waals surface area contributed by atoms with Gasteiger partial charge >= 0.3 is 0 Å². The number of primary amides is 1. The Morgan fingerprint density at radius 3 is 2.11 bits per heavy atom. The molecule has 2 nitrogen and oxygen atoms in total. The van der Waals surface area contributed by atoms with Crippen molar-refractivity contribution in [1.29, 1.82) is 0 Å². The molecule has 1 amide bonds. The lowest BCUT2D eigenvalue weighted by molar-refractivity contribution is -0.122. The fourth-order valence-electron chi connectivity index (χ4n) is 9.18. The van der Waals surface area contributed by atoms with Crippen LogP contribution in [-0.2, 0) is 4.79 Å². The van der Waals surface area contributed by atoms with Gasteiger partial charge in [-0.2, -0.15) is 0 Å². The highest BCUT2D eigenvalue weighted by atomic mass is 32.2. The van der Waals surface area contributed by atoms with Gasteiger partial charge in [0.15, 0.2) is 0 Å². The van der Waals surface area contributed by atoms with Crippen molar-refractivity contribution in [3.05, 3.63) is 23.1 Å². The number of hydrogen-bond acceptors (Lipinski definition) is 2. The molecule has 8 atom stereocenters. The molecule has 4 fully saturated rings. The van der Waals surface area contributed by atoms with Crippen LogP contribution in [0.5, 0.6) is 0 Å². The van der Waals surface area contributed by atoms with Crippen molar-refractivity contribution in [1.82, 2.24) is 0 Å². The summed E-state index contributed by atoms with van der Waals surface area (Å²) in [7, 11) is 0. The average Bonchev–Trinajstić information content (AvgIpc) is 3.26. The van der Waals surface area contributed by atoms with Crippen molar-refractivity contribution >= 4 is 17.7 Å². The molecular weight excluding hydrogens is 470 g/mol. The highest BCUT2D eigenvalue weighted by Gasteiger charge is 2.60. The van der Waals surface area contributed by atoms with E-state index < -0.39 is 0 Å². The first-order valence-electron chi connectivity index (χ1n) is 15.8. The van der Waals surface area contributed by atoms with Crippen molar-refractivity contribution in [3.8, 4) is 0 Å². The molecule has 0 aromatic rings. The third-order valence-corrected chi connectivity index (χ3v) is 11.6. The van der Waals surface area contributed by atoms with Crippen LogP contribution < -0.4 is 5.73 Å². The highest BCUT2D eigenvalue weighted by molar-refractivity contribution is 8.02. The van der Waals surface area contributed by atoms with Gasteiger partial charge in [0, 0.05) is 11.3 Å². The first kappa shape index (κ1) is 34.3. The van der Waals surface area contributed by atoms with E-state index >= 15 is 0 Å². The van der Waals surface area contributed by atoms with Gasteiger partial charge in [-0.3, -0.25) is 4.79 Å². The SMILES string of the molecule is C/C=C\C(=C/C)SC.CC.CC.C[C@H](CC(N)=O)C1CCC2C3CCC4CCCCC4(C)C3CCC21C. The monoisotopic (exact) mass is 533 g/mol. The average molecular weight is 534 g/mol. The van der Waals surface area contributed by atoms with Crippen LogP contribution in [0.3, 0.4) is 0 Å². The second-order valence-corrected chi connectivity index (χ2v) is 13.1. The topological polar surface area (TPSA) is 43.1 Å². The van der Waals surface area contributed by atoms with E-state index in [1.165, 1.54) is 69.1 Å². The van der Waals surface area contributed by atoms with Crippen LogP contribution in [0, 0.1) is 46.3 Å². The minimum absolute atomic E-state index is 0.108. The van der Waals surface area contributed by atoms with Crippen molar-refractivity contribution in [3.63, 3.8) is 0 Å². The van der Waals surface area contributed by atoms with Crippen LogP contribution in [0.15, 0.2) is 23.1 Å². The second kappa shape index (κ2) is 16.4. The number of carbonyl (C=O) groups excluding carboxylic acids is 1. The fraction of sp³-hybridized carbons (Fsp3) is 0.853. The van der Waals surface area contributed by atoms with Crippen molar-refractivity contribution < 1.29 is 4.79 Å². The number of allylic oxidation sites excluding steroid dienone is 3. The molecule has 0 saturated heterocycles. The summed E-state index contributed by atoms with van der Waals surface area (Å²) < 4.78 is 0. The molecule has 7 unspecified atom stereocenters. The van der Waals surface area contributed by atoms with E-state index in [1.807, 2.05) is 47.6 Å². The quantitative estimate of drug-likeness (QED) is 0.357. The normalized spacial score (nSPS) is 37.2. The van der Waals surface area contributed by atoms with Crippen LogP contribution in [0.1, 0.15) is 133 Å². The summed E-state index contributed by atoms with van der Waals surface area (Å²) in [5, 5.41) is 0. The van der Waals surface area contributed by atoms with E-state index in [1.54, 1.807) is 11.8 Å². The van der Waals surface area contributed by atoms with Crippen LogP contribution in [-0.4, -0.2) is 12.2 Å². The predicted octanol–water partition coefficient (Wildman–Crippen LogP) is 10.4. The molecule has 216 valence electrons. The summed E-state index contributed by atoms with van der Waals surface area (Å²) in [6.45, 7) is 19.6. The summed E-state index contributed by atoms with van der Waals surface area (Å²) in [5.41, 5.74) is 6.63. The highest BCUT2D eigenvalue weighted by Crippen LogP contribution is 2.68. The van der Waals surface area contributed by atoms with E-state index in [-0.39, 0.29) is 5.91 Å². The van der Waals surface area contributed by atoms with Crippen molar-refractivity contribution in [2.24, 2.45) is 52.1 Å². The van der Waals surface area contributed by atoms with Crippen molar-refractivity contribution in [2.75, 3.05) is 6.26 Å². The first-order chi connectivity index (χ1) is 17.7. The minimum Gasteiger partial charge on any atom is -0.370 e. The van der Waals surface area contributed by atoms with Gasteiger partial charge in [0.2, 0.25) is 5.91 Å². The molecule has 3 heteroatoms. The van der Waals surface area contributed by atoms with E-state index in [4.69, 9.17) is 5.73 Å². The second-order valence-electron chi connectivity index (χ2n) is 12.2. The summed E-state index contributed by atoms with van der Waals surface area (Å²) in [6, 6.07) is 0. The summed E-state index contributed by atoms with van der Waals surface area (Å²) in [6.07, 6.45) is 23.4. The lowest BCUT2D eigenvalue weighted by Crippen LogP contribution is -2.53. The Hall–Kier alpha value is -0.700. The Kier molecular flexibility index (Phi) is 15.2. The summed E-state index contributed by atoms with van der Waals surface area (Å²) in [5.74, 6) is 4.93. The molecule has 2 N–H and O–H groups in total. The van der Waals surface area contributed by atoms with Crippen LogP contribution >= 0.6 is 11.8 Å². The maximum Gasteiger partial charge on any atom is 0.217 e. The fourth-order valence-corrected chi connectivity index (χ4v) is 9.68. The molecule has 0 bridgehead atoms. The van der Waals surface area contributed by atoms with Crippen LogP contribution in [0.25, 0.3) is 0 Å². The standard InChI is InChI=1S/C23H39NO.C7H12S.2C2H6/c1-15(14-21(24)25)18-9-10-19-17-8-7-16-6-4-5-12-22(16,2)20(17)11-13-23(18,19)3;1-4-6-7(5-2)8-3;2*1-2/h15-20H,4-14H2,1-3H3,(H2,24,25);4-6H,1-3H3;2*1-2H3/b;6-4-,7-5+;;/t15-,16?,17?,18?,19?,20?,22?,23?;;;/m1.../s1. The molecule has 0 radical (unpaired) electrons. The van der Waals surface area contributed by atoms with E-state index in [9.17, 15) is 4.79 Å². The number of carbonyl (C=O) groups is 1. The molecule has 4 saturated carbocycles. The number of rotatable bonds is 5. The predicted molar refractivity (Wildman–Crippen MR) is 168 cm³/mol. The Balaban J connectivity index is 0.000000487. The smallest absolute Gasteiger partial charge is 0.217 e. The molecule has 4 aliphatic rings. The number of amides is 1. The van der Waals surface area contributed by atoms with Gasteiger partial charge in [-0.25, -0.2) is 0 Å². The number of thioether (sulfide) groups is 1. The largest absolute Gasteiger partial charge is 0.370 e. The lowest BCUT2D eigenvalue weighted by atomic mass is 9.44. The number of hydrogen-bond donors (Lipinski definition) is 1. The van der Waals surface area contributed by atoms with Gasteiger partial charge in [0.25, 0.3) is 0 Å². The van der Waals surface area contributed by atoms with E-state index in [2.05, 4.69) is 39.2 Å². The Labute approximate surface area is 236 Å². The van der Waals surface area contributed by atoms with E-state index in [0.717, 1.165) is 23.7 Å². The zero-order valence-electron chi connectivity index (χ0n) is 26.4. The Morgan fingerprint density at radius 2 is 1.57 bits per heavy atom. The molecule has 0 aromatic heterocycles. The molecule has 0 aliphatic heterocycles. The van der Waals surface area contributed by atoms with E-state index in [0.29, 0.717) is 29.1 Å². The van der Waals surface area contributed by atoms with Crippen LogP contribution in [0.2, 0.25) is 0 Å². The Morgan fingerprint density at radius 1 is 0.919 bits per heavy atom. The zero-order chi connectivity index (χ0) is 28.2. The van der Waals surface area contributed by atoms with Crippen LogP contribution in [0.4, 0.5) is 0 Å². The van der Waals surface area contributed by atoms with Gasteiger partial charge in [0.05, 0.1) is 0 Å². The van der Waals surface area contributed by atoms with Gasteiger partial charge in [-0.15, -0.1) is 11.8 Å². The third kappa shape index (κ3) is 7.92. The lowest BCUT2D eigenvalue weighted by Gasteiger charge is -2.60. The van der Waals surface area contributed by atoms with Gasteiger partial charge in [-0.05, 0) is 118 Å². The molecule has 37 heavy (non-hydrogen) atoms. The third-order valence-electron chi connectivity index (χ3n) is 10.7. The summed E-state index contributed by atoms with van der Waals surface area (Å²) in [4.78, 5) is 12.8. The molecule has 4 aliphatic carbocycles. The van der Waals surface area contributed by atoms with Gasteiger partial charge < -0.3 is 5.73 Å². The Bertz CT molecular complexity index is 727. The molecule has 0 aromatic carbocycles. The number of fused-ring (bicyclic) bond motifs is 5. The molecule has 0 heterocycles. The number of nitrogens with two attached hydrogens (primary N) is 1. The minimum atomic E-state index is -0.108. The zero-order valence-corrected chi connectivity index (χ0v) is 27.2. The maximum absolute atomic E-state index is 11.5. The maximum atomic E-state index is 11.5. The van der Waals surface area contributed by atoms with Gasteiger partial charge in [0.1, 0.15) is 0 Å².